The van der Waals surface area contributed by atoms with E-state index in [1.54, 1.807) is 7.05 Å². The summed E-state index contributed by atoms with van der Waals surface area (Å²) < 4.78 is 0. The molecule has 23 heavy (non-hydrogen) atoms. The summed E-state index contributed by atoms with van der Waals surface area (Å²) in [4.78, 5) is 13.0. The average Bonchev–Trinajstić information content (AvgIpc) is 2.62. The first-order valence-electron chi connectivity index (χ1n) is 7.14. The van der Waals surface area contributed by atoms with Crippen LogP contribution in [0.25, 0.3) is 11.1 Å². The lowest BCUT2D eigenvalue weighted by Crippen LogP contribution is -2.26. The van der Waals surface area contributed by atoms with Crippen molar-refractivity contribution in [1.82, 2.24) is 5.32 Å². The second-order valence-electron chi connectivity index (χ2n) is 4.78. The van der Waals surface area contributed by atoms with Crippen LogP contribution in [0.1, 0.15) is 0 Å². The van der Waals surface area contributed by atoms with Gasteiger partial charge in [0, 0.05) is 19.2 Å². The zero-order valence-corrected chi connectivity index (χ0v) is 12.9. The first-order valence-corrected chi connectivity index (χ1v) is 7.14. The van der Waals surface area contributed by atoms with Crippen molar-refractivity contribution in [2.75, 3.05) is 18.6 Å². The number of benzene rings is 2. The van der Waals surface area contributed by atoms with Gasteiger partial charge in [-0.1, -0.05) is 48.9 Å². The van der Waals surface area contributed by atoms with E-state index in [4.69, 9.17) is 11.5 Å². The fourth-order valence-electron chi connectivity index (χ4n) is 2.18. The second-order valence-corrected chi connectivity index (χ2v) is 4.78. The monoisotopic (exact) mass is 306 g/mol. The molecule has 0 saturated heterocycles. The number of rotatable bonds is 6. The predicted molar refractivity (Wildman–Crippen MR) is 92.4 cm³/mol. The minimum absolute atomic E-state index is 0.422. The molecule has 2 N–H and O–H groups in total. The molecule has 0 radical (unpaired) electrons. The van der Waals surface area contributed by atoms with Gasteiger partial charge in [-0.3, -0.25) is 9.69 Å². The summed E-state index contributed by atoms with van der Waals surface area (Å²) in [7, 11) is 1.67. The van der Waals surface area contributed by atoms with Gasteiger partial charge in [0.1, 0.15) is 12.4 Å². The van der Waals surface area contributed by atoms with E-state index >= 15 is 0 Å². The number of nitrogens with zero attached hydrogens (tertiary/aromatic N) is 1. The maximum atomic E-state index is 11.5. The van der Waals surface area contributed by atoms with Gasteiger partial charge in [-0.15, -0.1) is 0 Å². The standard InChI is InChI=1S/C19H18N2O2/c1-3-21(19(20-2)13-18(23)14-22)17-11-7-10-16(12-17)15-8-5-4-6-9-15/h1,4-13,20,22H,14H2,2H3/b19-13-. The Balaban J connectivity index is 2.41. The summed E-state index contributed by atoms with van der Waals surface area (Å²) in [6, 6.07) is 20.2. The van der Waals surface area contributed by atoms with Crippen molar-refractivity contribution in [3.63, 3.8) is 0 Å². The lowest BCUT2D eigenvalue weighted by atomic mass is 10.1. The number of aliphatic hydroxyl groups is 1. The molecular weight excluding hydrogens is 288 g/mol. The minimum atomic E-state index is -0.562. The molecule has 2 aromatic rings. The maximum absolute atomic E-state index is 11.5. The van der Waals surface area contributed by atoms with Crippen LogP contribution < -0.4 is 10.2 Å². The zero-order chi connectivity index (χ0) is 16.7. The molecular formula is C19H18N2O2. The summed E-state index contributed by atoms with van der Waals surface area (Å²) in [5.74, 6) is 0.00516. The van der Waals surface area contributed by atoms with Gasteiger partial charge in [0.05, 0.1) is 5.69 Å². The van der Waals surface area contributed by atoms with E-state index < -0.39 is 12.4 Å². The SMILES string of the molecule is C#CN(/C(=C\C(=O)CO)NC)c1cccc(-c2ccccc2)c1. The van der Waals surface area contributed by atoms with Crippen LogP contribution in [-0.2, 0) is 4.79 Å². The van der Waals surface area contributed by atoms with Crippen molar-refractivity contribution < 1.29 is 9.90 Å². The molecule has 0 aliphatic rings. The highest BCUT2D eigenvalue weighted by molar-refractivity contribution is 5.92. The van der Waals surface area contributed by atoms with Crippen LogP contribution >= 0.6 is 0 Å². The van der Waals surface area contributed by atoms with Crippen LogP contribution in [0.3, 0.4) is 0 Å². The Bertz CT molecular complexity index is 745. The molecule has 0 unspecified atom stereocenters. The Hall–Kier alpha value is -3.03. The number of nitrogens with one attached hydrogen (secondary N) is 1. The van der Waals surface area contributed by atoms with Crippen LogP contribution in [0.15, 0.2) is 66.5 Å². The lowest BCUT2D eigenvalue weighted by molar-refractivity contribution is -0.117. The lowest BCUT2D eigenvalue weighted by Gasteiger charge is -2.21. The molecule has 0 aliphatic carbocycles. The van der Waals surface area contributed by atoms with Crippen LogP contribution in [0.5, 0.6) is 0 Å². The van der Waals surface area contributed by atoms with Gasteiger partial charge in [0.2, 0.25) is 0 Å². The number of anilines is 1. The average molecular weight is 306 g/mol. The predicted octanol–water partition coefficient (Wildman–Crippen LogP) is 2.37. The van der Waals surface area contributed by atoms with E-state index in [9.17, 15) is 4.79 Å². The largest absolute Gasteiger partial charge is 0.388 e. The van der Waals surface area contributed by atoms with Crippen LogP contribution in [0, 0.1) is 12.5 Å². The van der Waals surface area contributed by atoms with Gasteiger partial charge >= 0.3 is 0 Å². The highest BCUT2D eigenvalue weighted by atomic mass is 16.3. The van der Waals surface area contributed by atoms with Crippen molar-refractivity contribution in [2.24, 2.45) is 0 Å². The fraction of sp³-hybridized carbons (Fsp3) is 0.105. The number of hydrogen-bond donors (Lipinski definition) is 2. The molecule has 4 heteroatoms. The molecule has 0 aliphatic heterocycles. The highest BCUT2D eigenvalue weighted by Crippen LogP contribution is 2.25. The van der Waals surface area contributed by atoms with E-state index in [0.717, 1.165) is 16.8 Å². The number of carbonyl (C=O) groups excluding carboxylic acids is 1. The quantitative estimate of drug-likeness (QED) is 0.489. The number of terminal acetylenes is 1. The Kier molecular flexibility index (Phi) is 5.56. The van der Waals surface area contributed by atoms with Crippen LogP contribution in [-0.4, -0.2) is 24.5 Å². The topological polar surface area (TPSA) is 52.6 Å². The van der Waals surface area contributed by atoms with E-state index in [-0.39, 0.29) is 0 Å². The molecule has 2 aromatic carbocycles. The summed E-state index contributed by atoms with van der Waals surface area (Å²) in [6.07, 6.45) is 6.90. The third-order valence-corrected chi connectivity index (χ3v) is 3.29. The Morgan fingerprint density at radius 3 is 2.52 bits per heavy atom. The van der Waals surface area contributed by atoms with E-state index in [1.807, 2.05) is 54.6 Å². The van der Waals surface area contributed by atoms with Crippen LogP contribution in [0.4, 0.5) is 5.69 Å². The molecule has 0 spiro atoms. The summed E-state index contributed by atoms with van der Waals surface area (Å²) in [5, 5.41) is 11.8. The smallest absolute Gasteiger partial charge is 0.184 e. The molecule has 0 fully saturated rings. The van der Waals surface area contributed by atoms with Crippen molar-refractivity contribution in [2.45, 2.75) is 0 Å². The number of ketones is 1. The van der Waals surface area contributed by atoms with Crippen LogP contribution in [0.2, 0.25) is 0 Å². The third-order valence-electron chi connectivity index (χ3n) is 3.29. The molecule has 0 saturated carbocycles. The van der Waals surface area contributed by atoms with Gasteiger partial charge in [0.15, 0.2) is 5.78 Å². The van der Waals surface area contributed by atoms with E-state index in [0.29, 0.717) is 5.82 Å². The van der Waals surface area contributed by atoms with Crippen molar-refractivity contribution in [3.05, 3.63) is 66.5 Å². The van der Waals surface area contributed by atoms with Gasteiger partial charge < -0.3 is 10.4 Å². The Morgan fingerprint density at radius 1 is 1.22 bits per heavy atom. The molecule has 4 nitrogen and oxygen atoms in total. The van der Waals surface area contributed by atoms with Crippen molar-refractivity contribution in [1.29, 1.82) is 0 Å². The van der Waals surface area contributed by atoms with E-state index in [1.165, 1.54) is 11.0 Å². The highest BCUT2D eigenvalue weighted by Gasteiger charge is 2.11. The van der Waals surface area contributed by atoms with E-state index in [2.05, 4.69) is 11.4 Å². The second kappa shape index (κ2) is 7.83. The number of carbonyl (C=O) groups is 1. The molecule has 0 amide bonds. The Labute approximate surface area is 136 Å². The van der Waals surface area contributed by atoms with Gasteiger partial charge in [0.25, 0.3) is 0 Å². The molecule has 0 atom stereocenters. The summed E-state index contributed by atoms with van der Waals surface area (Å²) >= 11 is 0. The van der Waals surface area contributed by atoms with Gasteiger partial charge in [-0.25, -0.2) is 0 Å². The first-order chi connectivity index (χ1) is 11.2. The van der Waals surface area contributed by atoms with Crippen molar-refractivity contribution in [3.8, 4) is 23.6 Å². The first kappa shape index (κ1) is 16.3. The summed E-state index contributed by atoms with van der Waals surface area (Å²) in [5.41, 5.74) is 2.85. The van der Waals surface area contributed by atoms with Gasteiger partial charge in [-0.05, 0) is 23.3 Å². The maximum Gasteiger partial charge on any atom is 0.184 e. The minimum Gasteiger partial charge on any atom is -0.388 e. The van der Waals surface area contributed by atoms with Crippen molar-refractivity contribution >= 4 is 11.5 Å². The normalized spacial score (nSPS) is 10.7. The molecule has 0 bridgehead atoms. The Morgan fingerprint density at radius 2 is 1.91 bits per heavy atom. The number of aliphatic hydroxyl groups excluding tert-OH is 1. The molecule has 116 valence electrons. The third kappa shape index (κ3) is 4.00. The molecule has 2 rings (SSSR count). The number of hydrogen-bond acceptors (Lipinski definition) is 4. The summed E-state index contributed by atoms with van der Waals surface area (Å²) in [6.45, 7) is -0.562. The molecule has 0 aromatic heterocycles. The zero-order valence-electron chi connectivity index (χ0n) is 12.9. The molecule has 0 heterocycles. The van der Waals surface area contributed by atoms with Gasteiger partial charge in [-0.2, -0.15) is 0 Å². The fourth-order valence-corrected chi connectivity index (χ4v) is 2.18.